The maximum Gasteiger partial charge on any atom is 0.120 e. The second kappa shape index (κ2) is 6.49. The van der Waals surface area contributed by atoms with Crippen LogP contribution >= 0.6 is 0 Å². The van der Waals surface area contributed by atoms with Crippen LogP contribution in [0.25, 0.3) is 12.2 Å². The third kappa shape index (κ3) is 2.74. The van der Waals surface area contributed by atoms with E-state index in [1.54, 1.807) is 5.56 Å². The molecule has 0 unspecified atom stereocenters. The molecule has 0 saturated heterocycles. The Kier molecular flexibility index (Phi) is 3.86. The van der Waals surface area contributed by atoms with Gasteiger partial charge in [-0.15, -0.1) is 0 Å². The lowest BCUT2D eigenvalue weighted by Crippen LogP contribution is -2.19. The first kappa shape index (κ1) is 15.5. The van der Waals surface area contributed by atoms with Crippen molar-refractivity contribution in [1.29, 1.82) is 0 Å². The largest absolute Gasteiger partial charge is 0.489 e. The Labute approximate surface area is 153 Å². The van der Waals surface area contributed by atoms with Crippen molar-refractivity contribution < 1.29 is 4.74 Å². The lowest BCUT2D eigenvalue weighted by Gasteiger charge is -2.16. The molecule has 1 heteroatoms. The smallest absolute Gasteiger partial charge is 0.120 e. The second-order valence-electron chi connectivity index (χ2n) is 7.19. The van der Waals surface area contributed by atoms with Gasteiger partial charge in [-0.1, -0.05) is 60.7 Å². The third-order valence-electron chi connectivity index (χ3n) is 5.55. The Morgan fingerprint density at radius 3 is 2.58 bits per heavy atom. The SMILES string of the molecule is C1=c2ccc3c(c2CCC1)CC=c1ccc(OCc2ccccc2)cc1=3. The van der Waals surface area contributed by atoms with Crippen molar-refractivity contribution >= 4 is 12.2 Å². The summed E-state index contributed by atoms with van der Waals surface area (Å²) >= 11 is 0. The number of benzene rings is 3. The highest BCUT2D eigenvalue weighted by Crippen LogP contribution is 2.19. The molecule has 0 spiro atoms. The Bertz CT molecular complexity index is 1170. The fourth-order valence-electron chi connectivity index (χ4n) is 4.21. The number of hydrogen-bond donors (Lipinski definition) is 0. The molecule has 0 radical (unpaired) electrons. The van der Waals surface area contributed by atoms with E-state index in [-0.39, 0.29) is 0 Å². The first-order valence-electron chi connectivity index (χ1n) is 9.51. The van der Waals surface area contributed by atoms with Crippen LogP contribution in [-0.2, 0) is 19.4 Å². The topological polar surface area (TPSA) is 9.23 Å². The van der Waals surface area contributed by atoms with Crippen molar-refractivity contribution in [2.45, 2.75) is 32.3 Å². The first-order valence-corrected chi connectivity index (χ1v) is 9.51. The van der Waals surface area contributed by atoms with Gasteiger partial charge in [0.2, 0.25) is 0 Å². The highest BCUT2D eigenvalue weighted by molar-refractivity contribution is 5.48. The van der Waals surface area contributed by atoms with Crippen molar-refractivity contribution in [3.05, 3.63) is 98.2 Å². The molecule has 0 amide bonds. The van der Waals surface area contributed by atoms with E-state index in [1.165, 1.54) is 51.3 Å². The zero-order valence-electron chi connectivity index (χ0n) is 14.9. The molecule has 2 aliphatic carbocycles. The van der Waals surface area contributed by atoms with Crippen LogP contribution in [0.3, 0.4) is 0 Å². The van der Waals surface area contributed by atoms with Gasteiger partial charge in [0.1, 0.15) is 12.4 Å². The van der Waals surface area contributed by atoms with E-state index in [9.17, 15) is 0 Å². The first-order chi connectivity index (χ1) is 12.9. The maximum absolute atomic E-state index is 6.07. The summed E-state index contributed by atoms with van der Waals surface area (Å²) in [5, 5.41) is 5.47. The third-order valence-corrected chi connectivity index (χ3v) is 5.55. The fraction of sp³-hybridized carbons (Fsp3) is 0.200. The van der Waals surface area contributed by atoms with E-state index in [0.717, 1.165) is 12.2 Å². The predicted octanol–water partition coefficient (Wildman–Crippen LogP) is 4.01. The number of ether oxygens (including phenoxy) is 1. The summed E-state index contributed by atoms with van der Waals surface area (Å²) in [4.78, 5) is 0. The Morgan fingerprint density at radius 1 is 0.769 bits per heavy atom. The van der Waals surface area contributed by atoms with E-state index in [0.29, 0.717) is 6.61 Å². The molecule has 26 heavy (non-hydrogen) atoms. The summed E-state index contributed by atoms with van der Waals surface area (Å²) in [6, 6.07) is 21.5. The summed E-state index contributed by atoms with van der Waals surface area (Å²) in [6.45, 7) is 0.606. The monoisotopic (exact) mass is 338 g/mol. The molecule has 0 saturated carbocycles. The molecule has 5 rings (SSSR count). The highest BCUT2D eigenvalue weighted by Gasteiger charge is 2.11. The molecular weight excluding hydrogens is 316 g/mol. The van der Waals surface area contributed by atoms with Crippen molar-refractivity contribution in [3.8, 4) is 5.75 Å². The fourth-order valence-corrected chi connectivity index (χ4v) is 4.21. The van der Waals surface area contributed by atoms with Crippen molar-refractivity contribution in [2.24, 2.45) is 0 Å². The zero-order valence-corrected chi connectivity index (χ0v) is 14.9. The molecule has 128 valence electrons. The van der Waals surface area contributed by atoms with Gasteiger partial charge >= 0.3 is 0 Å². The number of hydrogen-bond acceptors (Lipinski definition) is 1. The summed E-state index contributed by atoms with van der Waals surface area (Å²) in [6.07, 6.45) is 9.51. The Morgan fingerprint density at radius 2 is 1.65 bits per heavy atom. The summed E-state index contributed by atoms with van der Waals surface area (Å²) in [5.41, 5.74) is 4.28. The van der Waals surface area contributed by atoms with Crippen LogP contribution in [0.15, 0.2) is 60.7 Å². The maximum atomic E-state index is 6.07. The summed E-state index contributed by atoms with van der Waals surface area (Å²) in [5.74, 6) is 0.943. The van der Waals surface area contributed by atoms with Crippen molar-refractivity contribution in [2.75, 3.05) is 0 Å². The minimum Gasteiger partial charge on any atom is -0.489 e. The molecule has 0 atom stereocenters. The number of fused-ring (bicyclic) bond motifs is 4. The Balaban J connectivity index is 1.61. The molecule has 0 heterocycles. The zero-order chi connectivity index (χ0) is 17.3. The molecule has 0 fully saturated rings. The lowest BCUT2D eigenvalue weighted by atomic mass is 9.89. The molecule has 0 aromatic heterocycles. The van der Waals surface area contributed by atoms with Gasteiger partial charge in [-0.25, -0.2) is 0 Å². The normalized spacial score (nSPS) is 14.3. The predicted molar refractivity (Wildman–Crippen MR) is 106 cm³/mol. The lowest BCUT2D eigenvalue weighted by molar-refractivity contribution is 0.306. The van der Waals surface area contributed by atoms with E-state index < -0.39 is 0 Å². The van der Waals surface area contributed by atoms with E-state index in [2.05, 4.69) is 66.7 Å². The molecule has 3 aromatic rings. The summed E-state index contributed by atoms with van der Waals surface area (Å²) in [7, 11) is 0. The van der Waals surface area contributed by atoms with Gasteiger partial charge < -0.3 is 4.74 Å². The quantitative estimate of drug-likeness (QED) is 0.701. The van der Waals surface area contributed by atoms with Crippen molar-refractivity contribution in [3.63, 3.8) is 0 Å². The number of rotatable bonds is 3. The standard InChI is InChI=1S/C25H22O/c1-2-6-18(7-3-1)17-26-21-13-10-20-12-14-23-22-9-5-4-8-19(22)11-15-24(23)25(20)16-21/h1-3,6-8,10-13,15-16H,4-5,9,14,17H2. The van der Waals surface area contributed by atoms with Gasteiger partial charge in [-0.2, -0.15) is 0 Å². The van der Waals surface area contributed by atoms with Gasteiger partial charge in [0.05, 0.1) is 0 Å². The average molecular weight is 338 g/mol. The van der Waals surface area contributed by atoms with E-state index >= 15 is 0 Å². The van der Waals surface area contributed by atoms with Gasteiger partial charge in [-0.3, -0.25) is 0 Å². The van der Waals surface area contributed by atoms with E-state index in [4.69, 9.17) is 4.74 Å². The van der Waals surface area contributed by atoms with Gasteiger partial charge in [0, 0.05) is 0 Å². The minimum absolute atomic E-state index is 0.606. The Hall–Kier alpha value is -2.80. The molecule has 0 bridgehead atoms. The van der Waals surface area contributed by atoms with Crippen LogP contribution in [0.4, 0.5) is 0 Å². The molecular formula is C25H22O. The summed E-state index contributed by atoms with van der Waals surface area (Å²) < 4.78 is 6.07. The molecule has 2 aliphatic rings. The van der Waals surface area contributed by atoms with Crippen LogP contribution in [0.2, 0.25) is 0 Å². The van der Waals surface area contributed by atoms with Gasteiger partial charge in [0.15, 0.2) is 0 Å². The molecule has 0 aliphatic heterocycles. The molecule has 0 N–H and O–H groups in total. The van der Waals surface area contributed by atoms with Crippen LogP contribution < -0.4 is 15.2 Å². The van der Waals surface area contributed by atoms with E-state index in [1.807, 2.05) is 6.07 Å². The van der Waals surface area contributed by atoms with Crippen LogP contribution in [0.5, 0.6) is 5.75 Å². The van der Waals surface area contributed by atoms with Crippen molar-refractivity contribution in [1.82, 2.24) is 0 Å². The highest BCUT2D eigenvalue weighted by atomic mass is 16.5. The van der Waals surface area contributed by atoms with Crippen LogP contribution in [-0.4, -0.2) is 0 Å². The van der Waals surface area contributed by atoms with Gasteiger partial charge in [-0.05, 0) is 75.4 Å². The minimum atomic E-state index is 0.606. The molecule has 1 nitrogen and oxygen atoms in total. The second-order valence-corrected chi connectivity index (χ2v) is 7.19. The van der Waals surface area contributed by atoms with Gasteiger partial charge in [0.25, 0.3) is 0 Å². The average Bonchev–Trinajstić information content (AvgIpc) is 2.72. The van der Waals surface area contributed by atoms with Crippen LogP contribution in [0, 0.1) is 10.4 Å². The van der Waals surface area contributed by atoms with Crippen LogP contribution in [0.1, 0.15) is 29.5 Å². The molecule has 3 aromatic carbocycles.